The van der Waals surface area contributed by atoms with Crippen LogP contribution in [-0.4, -0.2) is 14.1 Å². The predicted octanol–water partition coefficient (Wildman–Crippen LogP) is 1.07. The van der Waals surface area contributed by atoms with E-state index in [1.807, 2.05) is 22.6 Å². The average Bonchev–Trinajstić information content (AvgIpc) is 3.13. The van der Waals surface area contributed by atoms with Crippen molar-refractivity contribution < 1.29 is 4.42 Å². The Kier molecular flexibility index (Phi) is 3.08. The third-order valence-electron chi connectivity index (χ3n) is 3.13. The Morgan fingerprint density at radius 3 is 2.89 bits per heavy atom. The van der Waals surface area contributed by atoms with Gasteiger partial charge in [-0.3, -0.25) is 4.79 Å². The van der Waals surface area contributed by atoms with E-state index >= 15 is 0 Å². The van der Waals surface area contributed by atoms with Crippen LogP contribution < -0.4 is 11.2 Å². The third-order valence-corrected chi connectivity index (χ3v) is 3.87. The van der Waals surface area contributed by atoms with Crippen LogP contribution >= 0.6 is 22.6 Å². The first kappa shape index (κ1) is 12.6. The van der Waals surface area contributed by atoms with Gasteiger partial charge in [0.1, 0.15) is 12.3 Å². The number of aromatic nitrogens is 3. The predicted molar refractivity (Wildman–Crippen MR) is 76.2 cm³/mol. The zero-order chi connectivity index (χ0) is 13.6. The Labute approximate surface area is 122 Å². The van der Waals surface area contributed by atoms with Crippen LogP contribution in [0, 0.1) is 3.57 Å². The van der Waals surface area contributed by atoms with E-state index in [9.17, 15) is 9.59 Å². The molecule has 0 aromatic carbocycles. The van der Waals surface area contributed by atoms with E-state index in [1.54, 1.807) is 13.2 Å². The summed E-state index contributed by atoms with van der Waals surface area (Å²) in [5, 5.41) is 0. The van der Waals surface area contributed by atoms with Gasteiger partial charge >= 0.3 is 5.69 Å². The smallest absolute Gasteiger partial charge is 0.331 e. The van der Waals surface area contributed by atoms with E-state index in [4.69, 9.17) is 4.42 Å². The summed E-state index contributed by atoms with van der Waals surface area (Å²) in [7, 11) is 1.62. The second-order valence-corrected chi connectivity index (χ2v) is 5.85. The molecule has 0 aliphatic heterocycles. The third kappa shape index (κ3) is 2.38. The first-order valence-electron chi connectivity index (χ1n) is 5.97. The lowest BCUT2D eigenvalue weighted by atomic mass is 10.3. The van der Waals surface area contributed by atoms with Gasteiger partial charge in [-0.2, -0.15) is 0 Å². The number of hydrogen-bond acceptors (Lipinski definition) is 4. The maximum Gasteiger partial charge on any atom is 0.331 e. The lowest BCUT2D eigenvalue weighted by Crippen LogP contribution is -2.40. The summed E-state index contributed by atoms with van der Waals surface area (Å²) in [6.07, 6.45) is 5.46. The monoisotopic (exact) mass is 373 g/mol. The second-order valence-electron chi connectivity index (χ2n) is 4.69. The summed E-state index contributed by atoms with van der Waals surface area (Å²) in [5.41, 5.74) is -0.675. The molecule has 0 radical (unpaired) electrons. The Balaban J connectivity index is 1.98. The second kappa shape index (κ2) is 4.62. The van der Waals surface area contributed by atoms with Crippen molar-refractivity contribution in [3.05, 3.63) is 48.5 Å². The molecule has 0 saturated heterocycles. The van der Waals surface area contributed by atoms with Crippen molar-refractivity contribution in [2.24, 2.45) is 7.05 Å². The van der Waals surface area contributed by atoms with Gasteiger partial charge in [-0.25, -0.2) is 14.3 Å². The molecule has 1 aliphatic rings. The molecule has 0 spiro atoms. The fourth-order valence-electron chi connectivity index (χ4n) is 1.92. The van der Waals surface area contributed by atoms with Gasteiger partial charge in [0.2, 0.25) is 5.89 Å². The minimum absolute atomic E-state index is 0.0784. The number of halogens is 1. The highest BCUT2D eigenvalue weighted by Crippen LogP contribution is 2.40. The van der Waals surface area contributed by atoms with Crippen LogP contribution in [0.4, 0.5) is 0 Å². The minimum atomic E-state index is -0.364. The number of oxazole rings is 1. The normalized spacial score (nSPS) is 14.8. The van der Waals surface area contributed by atoms with Crippen LogP contribution in [0.15, 0.2) is 26.4 Å². The number of hydrogen-bond donors (Lipinski definition) is 0. The first-order chi connectivity index (χ1) is 9.06. The van der Waals surface area contributed by atoms with Crippen LogP contribution in [-0.2, 0) is 13.6 Å². The SMILES string of the molecule is Cn1cc(I)c(=O)n(Cc2ncc(C3CC3)o2)c1=O. The lowest BCUT2D eigenvalue weighted by Gasteiger charge is -2.05. The van der Waals surface area contributed by atoms with E-state index in [2.05, 4.69) is 4.98 Å². The van der Waals surface area contributed by atoms with Gasteiger partial charge in [0.25, 0.3) is 5.56 Å². The highest BCUT2D eigenvalue weighted by Gasteiger charge is 2.27. The molecule has 0 bridgehead atoms. The molecular weight excluding hydrogens is 361 g/mol. The van der Waals surface area contributed by atoms with Gasteiger partial charge < -0.3 is 8.98 Å². The molecule has 1 aliphatic carbocycles. The van der Waals surface area contributed by atoms with Gasteiger partial charge in [-0.15, -0.1) is 0 Å². The quantitative estimate of drug-likeness (QED) is 0.755. The summed E-state index contributed by atoms with van der Waals surface area (Å²) in [4.78, 5) is 28.1. The van der Waals surface area contributed by atoms with Gasteiger partial charge in [0.05, 0.1) is 9.77 Å². The molecule has 2 heterocycles. The molecule has 2 aromatic rings. The maximum absolute atomic E-state index is 12.0. The average molecular weight is 373 g/mol. The zero-order valence-electron chi connectivity index (χ0n) is 10.3. The van der Waals surface area contributed by atoms with Gasteiger partial charge in [0.15, 0.2) is 0 Å². The molecule has 19 heavy (non-hydrogen) atoms. The van der Waals surface area contributed by atoms with Crippen molar-refractivity contribution in [3.63, 3.8) is 0 Å². The van der Waals surface area contributed by atoms with Gasteiger partial charge in [0, 0.05) is 19.2 Å². The molecule has 1 saturated carbocycles. The molecule has 100 valence electrons. The Morgan fingerprint density at radius 1 is 1.47 bits per heavy atom. The molecular formula is C12H12IN3O3. The molecule has 0 atom stereocenters. The molecule has 6 nitrogen and oxygen atoms in total. The topological polar surface area (TPSA) is 70.0 Å². The van der Waals surface area contributed by atoms with Crippen LogP contribution in [0.25, 0.3) is 0 Å². The molecule has 0 unspecified atom stereocenters. The highest BCUT2D eigenvalue weighted by atomic mass is 127. The van der Waals surface area contributed by atoms with Gasteiger partial charge in [-0.1, -0.05) is 0 Å². The van der Waals surface area contributed by atoms with Crippen LogP contribution in [0.2, 0.25) is 0 Å². The summed E-state index contributed by atoms with van der Waals surface area (Å²) in [5.74, 6) is 1.73. The number of nitrogens with zero attached hydrogens (tertiary/aromatic N) is 3. The maximum atomic E-state index is 12.0. The number of aryl methyl sites for hydroxylation is 1. The molecule has 2 aromatic heterocycles. The van der Waals surface area contributed by atoms with E-state index in [0.717, 1.165) is 23.2 Å². The van der Waals surface area contributed by atoms with Crippen molar-refractivity contribution >= 4 is 22.6 Å². The van der Waals surface area contributed by atoms with Crippen LogP contribution in [0.5, 0.6) is 0 Å². The molecule has 1 fully saturated rings. The van der Waals surface area contributed by atoms with Crippen molar-refractivity contribution in [1.82, 2.24) is 14.1 Å². The standard InChI is InChI=1S/C12H12IN3O3/c1-15-5-8(13)11(17)16(12(15)18)6-10-14-4-9(19-10)7-2-3-7/h4-5,7H,2-3,6H2,1H3. The van der Waals surface area contributed by atoms with E-state index in [-0.39, 0.29) is 17.8 Å². The van der Waals surface area contributed by atoms with E-state index in [0.29, 0.717) is 15.4 Å². The summed E-state index contributed by atoms with van der Waals surface area (Å²) < 4.78 is 8.60. The fourth-order valence-corrected chi connectivity index (χ4v) is 2.62. The zero-order valence-corrected chi connectivity index (χ0v) is 12.5. The van der Waals surface area contributed by atoms with E-state index in [1.165, 1.54) is 10.8 Å². The van der Waals surface area contributed by atoms with Crippen LogP contribution in [0.1, 0.15) is 30.4 Å². The summed E-state index contributed by atoms with van der Waals surface area (Å²) in [6.45, 7) is 0.0784. The Hall–Kier alpha value is -1.38. The molecule has 0 N–H and O–H groups in total. The molecule has 3 rings (SSSR count). The van der Waals surface area contributed by atoms with Crippen molar-refractivity contribution in [1.29, 1.82) is 0 Å². The first-order valence-corrected chi connectivity index (χ1v) is 7.04. The van der Waals surface area contributed by atoms with Crippen molar-refractivity contribution in [2.45, 2.75) is 25.3 Å². The van der Waals surface area contributed by atoms with Crippen molar-refractivity contribution in [2.75, 3.05) is 0 Å². The summed E-state index contributed by atoms with van der Waals surface area (Å²) >= 11 is 1.92. The summed E-state index contributed by atoms with van der Waals surface area (Å²) in [6, 6.07) is 0. The van der Waals surface area contributed by atoms with Crippen LogP contribution in [0.3, 0.4) is 0 Å². The molecule has 0 amide bonds. The largest absolute Gasteiger partial charge is 0.443 e. The van der Waals surface area contributed by atoms with Crippen molar-refractivity contribution in [3.8, 4) is 0 Å². The molecule has 7 heteroatoms. The minimum Gasteiger partial charge on any atom is -0.443 e. The Bertz CT molecular complexity index is 705. The Morgan fingerprint density at radius 2 is 2.21 bits per heavy atom. The highest BCUT2D eigenvalue weighted by molar-refractivity contribution is 14.1. The lowest BCUT2D eigenvalue weighted by molar-refractivity contribution is 0.433. The van der Waals surface area contributed by atoms with Gasteiger partial charge in [-0.05, 0) is 35.4 Å². The fraction of sp³-hybridized carbons (Fsp3) is 0.417. The van der Waals surface area contributed by atoms with E-state index < -0.39 is 0 Å². The number of rotatable bonds is 3.